The standard InChI is InChI=1S/C17H15ClF4N2O4/c1-3-4-5-28-15(26)9-6-12(11(19)7-10(9)18)24-14(25)8-13(17(20,21)22)23-16(24)27-2/h6-8H,3-5H2,1-2H3. The lowest BCUT2D eigenvalue weighted by Gasteiger charge is -2.15. The van der Waals surface area contributed by atoms with Gasteiger partial charge in [-0.15, -0.1) is 0 Å². The van der Waals surface area contributed by atoms with Crippen LogP contribution in [0.15, 0.2) is 23.0 Å². The molecule has 0 aliphatic heterocycles. The van der Waals surface area contributed by atoms with Gasteiger partial charge in [0.1, 0.15) is 5.82 Å². The fourth-order valence-electron chi connectivity index (χ4n) is 2.22. The molecule has 1 aromatic carbocycles. The van der Waals surface area contributed by atoms with Crippen molar-refractivity contribution in [1.82, 2.24) is 9.55 Å². The molecule has 1 aromatic heterocycles. The molecular formula is C17H15ClF4N2O4. The molecule has 6 nitrogen and oxygen atoms in total. The van der Waals surface area contributed by atoms with Gasteiger partial charge >= 0.3 is 18.2 Å². The van der Waals surface area contributed by atoms with Crippen LogP contribution in [-0.2, 0) is 10.9 Å². The Hall–Kier alpha value is -2.62. The van der Waals surface area contributed by atoms with Gasteiger partial charge < -0.3 is 9.47 Å². The van der Waals surface area contributed by atoms with E-state index in [0.29, 0.717) is 11.0 Å². The number of benzene rings is 1. The summed E-state index contributed by atoms with van der Waals surface area (Å²) in [7, 11) is 0.964. The van der Waals surface area contributed by atoms with Crippen molar-refractivity contribution in [3.63, 3.8) is 0 Å². The van der Waals surface area contributed by atoms with E-state index in [9.17, 15) is 27.2 Å². The van der Waals surface area contributed by atoms with Gasteiger partial charge in [0.05, 0.1) is 30.0 Å². The lowest BCUT2D eigenvalue weighted by Crippen LogP contribution is -2.25. The summed E-state index contributed by atoms with van der Waals surface area (Å²) in [5.41, 5.74) is -3.58. The third kappa shape index (κ3) is 4.61. The van der Waals surface area contributed by atoms with Crippen molar-refractivity contribution in [3.05, 3.63) is 50.7 Å². The number of aromatic nitrogens is 2. The Morgan fingerprint density at radius 2 is 1.96 bits per heavy atom. The number of esters is 1. The summed E-state index contributed by atoms with van der Waals surface area (Å²) in [6, 6.07) is 1.02. The Kier molecular flexibility index (Phi) is 6.65. The highest BCUT2D eigenvalue weighted by Crippen LogP contribution is 2.30. The smallest absolute Gasteiger partial charge is 0.433 e. The second-order valence-corrected chi connectivity index (χ2v) is 5.98. The molecule has 0 saturated carbocycles. The number of nitrogens with zero attached hydrogens (tertiary/aromatic N) is 2. The number of ether oxygens (including phenoxy) is 2. The molecule has 0 N–H and O–H groups in total. The van der Waals surface area contributed by atoms with Crippen molar-refractivity contribution < 1.29 is 31.8 Å². The number of halogens is 5. The minimum absolute atomic E-state index is 0.101. The molecule has 0 radical (unpaired) electrons. The molecule has 0 atom stereocenters. The maximum atomic E-state index is 14.4. The van der Waals surface area contributed by atoms with Crippen molar-refractivity contribution in [2.45, 2.75) is 25.9 Å². The molecule has 0 amide bonds. The van der Waals surface area contributed by atoms with Crippen molar-refractivity contribution in [1.29, 1.82) is 0 Å². The number of hydrogen-bond donors (Lipinski definition) is 0. The van der Waals surface area contributed by atoms with Crippen LogP contribution in [0.3, 0.4) is 0 Å². The number of hydrogen-bond acceptors (Lipinski definition) is 5. The number of carbonyl (C=O) groups is 1. The van der Waals surface area contributed by atoms with E-state index in [1.807, 2.05) is 6.92 Å². The number of methoxy groups -OCH3 is 1. The Labute approximate surface area is 161 Å². The van der Waals surface area contributed by atoms with Gasteiger partial charge in [0.25, 0.3) is 5.56 Å². The average Bonchev–Trinajstić information content (AvgIpc) is 2.61. The molecule has 0 aliphatic carbocycles. The molecule has 2 aromatic rings. The predicted octanol–water partition coefficient (Wildman–Crippen LogP) is 4.01. The van der Waals surface area contributed by atoms with Gasteiger partial charge in [-0.2, -0.15) is 18.2 Å². The quantitative estimate of drug-likeness (QED) is 0.399. The van der Waals surface area contributed by atoms with Crippen LogP contribution in [0.4, 0.5) is 17.6 Å². The average molecular weight is 423 g/mol. The van der Waals surface area contributed by atoms with E-state index in [0.717, 1.165) is 25.7 Å². The van der Waals surface area contributed by atoms with Crippen LogP contribution in [0.1, 0.15) is 35.8 Å². The summed E-state index contributed by atoms with van der Waals surface area (Å²) >= 11 is 5.87. The molecule has 1 heterocycles. The number of unbranched alkanes of at least 4 members (excludes halogenated alkanes) is 1. The Bertz CT molecular complexity index is 944. The molecular weight excluding hydrogens is 408 g/mol. The summed E-state index contributed by atoms with van der Waals surface area (Å²) in [5, 5.41) is -0.283. The third-order valence-corrected chi connectivity index (χ3v) is 3.90. The molecule has 0 bridgehead atoms. The molecule has 152 valence electrons. The van der Waals surface area contributed by atoms with Gasteiger partial charge in [-0.25, -0.2) is 13.8 Å². The first-order valence-corrected chi connectivity index (χ1v) is 8.39. The molecule has 0 spiro atoms. The minimum Gasteiger partial charge on any atom is -0.468 e. The SMILES string of the molecule is CCCCOC(=O)c1cc(-n2c(OC)nc(C(F)(F)F)cc2=O)c(F)cc1Cl. The largest absolute Gasteiger partial charge is 0.468 e. The van der Waals surface area contributed by atoms with Crippen molar-refractivity contribution >= 4 is 17.6 Å². The summed E-state index contributed by atoms with van der Waals surface area (Å²) in [4.78, 5) is 27.6. The number of rotatable bonds is 6. The predicted molar refractivity (Wildman–Crippen MR) is 91.5 cm³/mol. The van der Waals surface area contributed by atoms with E-state index in [4.69, 9.17) is 21.1 Å². The molecule has 0 fully saturated rings. The van der Waals surface area contributed by atoms with Crippen LogP contribution in [0, 0.1) is 5.82 Å². The second kappa shape index (κ2) is 8.59. The molecule has 28 heavy (non-hydrogen) atoms. The van der Waals surface area contributed by atoms with E-state index in [1.165, 1.54) is 0 Å². The van der Waals surface area contributed by atoms with Gasteiger partial charge in [-0.1, -0.05) is 24.9 Å². The lowest BCUT2D eigenvalue weighted by molar-refractivity contribution is -0.141. The minimum atomic E-state index is -4.90. The van der Waals surface area contributed by atoms with Gasteiger partial charge in [0.15, 0.2) is 5.69 Å². The van der Waals surface area contributed by atoms with Crippen LogP contribution in [-0.4, -0.2) is 29.2 Å². The highest BCUT2D eigenvalue weighted by molar-refractivity contribution is 6.33. The van der Waals surface area contributed by atoms with E-state index >= 15 is 0 Å². The van der Waals surface area contributed by atoms with Crippen molar-refractivity contribution in [2.75, 3.05) is 13.7 Å². The monoisotopic (exact) mass is 422 g/mol. The van der Waals surface area contributed by atoms with Gasteiger partial charge in [0.2, 0.25) is 0 Å². The van der Waals surface area contributed by atoms with Crippen molar-refractivity contribution in [3.8, 4) is 11.7 Å². The lowest BCUT2D eigenvalue weighted by atomic mass is 10.2. The van der Waals surface area contributed by atoms with Crippen LogP contribution >= 0.6 is 11.6 Å². The van der Waals surface area contributed by atoms with Crippen LogP contribution < -0.4 is 10.3 Å². The Morgan fingerprint density at radius 3 is 2.54 bits per heavy atom. The fourth-order valence-corrected chi connectivity index (χ4v) is 2.44. The second-order valence-electron chi connectivity index (χ2n) is 5.57. The zero-order valence-electron chi connectivity index (χ0n) is 14.8. The van der Waals surface area contributed by atoms with Crippen LogP contribution in [0.5, 0.6) is 6.01 Å². The molecule has 0 unspecified atom stereocenters. The fraction of sp³-hybridized carbons (Fsp3) is 0.353. The third-order valence-electron chi connectivity index (χ3n) is 3.59. The highest BCUT2D eigenvalue weighted by Gasteiger charge is 2.35. The first-order valence-electron chi connectivity index (χ1n) is 8.02. The van der Waals surface area contributed by atoms with Crippen molar-refractivity contribution in [2.24, 2.45) is 0 Å². The van der Waals surface area contributed by atoms with E-state index in [2.05, 4.69) is 4.98 Å². The molecule has 0 saturated heterocycles. The number of alkyl halides is 3. The summed E-state index contributed by atoms with van der Waals surface area (Å²) in [6.07, 6.45) is -3.55. The summed E-state index contributed by atoms with van der Waals surface area (Å²) in [5.74, 6) is -1.94. The highest BCUT2D eigenvalue weighted by atomic mass is 35.5. The summed E-state index contributed by atoms with van der Waals surface area (Å²) < 4.78 is 63.1. The van der Waals surface area contributed by atoms with Gasteiger partial charge in [-0.3, -0.25) is 4.79 Å². The summed E-state index contributed by atoms with van der Waals surface area (Å²) in [6.45, 7) is 1.98. The van der Waals surface area contributed by atoms with E-state index in [1.54, 1.807) is 0 Å². The first kappa shape index (κ1) is 21.7. The van der Waals surface area contributed by atoms with Gasteiger partial charge in [-0.05, 0) is 18.6 Å². The Balaban J connectivity index is 2.60. The number of carbonyl (C=O) groups excluding carboxylic acids is 1. The topological polar surface area (TPSA) is 70.4 Å². The van der Waals surface area contributed by atoms with Crippen LogP contribution in [0.2, 0.25) is 5.02 Å². The maximum absolute atomic E-state index is 14.4. The zero-order valence-corrected chi connectivity index (χ0v) is 15.5. The zero-order chi connectivity index (χ0) is 21.1. The molecule has 2 rings (SSSR count). The maximum Gasteiger partial charge on any atom is 0.433 e. The molecule has 11 heteroatoms. The van der Waals surface area contributed by atoms with E-state index in [-0.39, 0.29) is 23.3 Å². The van der Waals surface area contributed by atoms with Gasteiger partial charge in [0, 0.05) is 6.07 Å². The normalized spacial score (nSPS) is 11.4. The van der Waals surface area contributed by atoms with E-state index < -0.39 is 40.9 Å². The van der Waals surface area contributed by atoms with Crippen LogP contribution in [0.25, 0.3) is 5.69 Å². The first-order chi connectivity index (χ1) is 13.1. The molecule has 0 aliphatic rings. The Morgan fingerprint density at radius 1 is 1.29 bits per heavy atom.